The fourth-order valence-corrected chi connectivity index (χ4v) is 3.60. The lowest BCUT2D eigenvalue weighted by Gasteiger charge is -2.22. The number of benzene rings is 1. The van der Waals surface area contributed by atoms with E-state index in [-0.39, 0.29) is 5.97 Å². The topological polar surface area (TPSA) is 55.8 Å². The Morgan fingerprint density at radius 1 is 1.08 bits per heavy atom. The normalized spacial score (nSPS) is 17.6. The van der Waals surface area contributed by atoms with E-state index in [1.807, 2.05) is 31.2 Å². The van der Waals surface area contributed by atoms with Crippen molar-refractivity contribution < 1.29 is 19.4 Å². The predicted molar refractivity (Wildman–Crippen MR) is 103 cm³/mol. The maximum atomic E-state index is 11.4. The highest BCUT2D eigenvalue weighted by molar-refractivity contribution is 5.69. The molecule has 26 heavy (non-hydrogen) atoms. The maximum Gasteiger partial charge on any atom is 0.306 e. The predicted octanol–water partition coefficient (Wildman–Crippen LogP) is 4.67. The van der Waals surface area contributed by atoms with Gasteiger partial charge in [-0.15, -0.1) is 0 Å². The summed E-state index contributed by atoms with van der Waals surface area (Å²) >= 11 is 0. The Kier molecular flexibility index (Phi) is 9.54. The first-order valence-electron chi connectivity index (χ1n) is 10.2. The molecule has 0 amide bonds. The minimum atomic E-state index is -0.392. The van der Waals surface area contributed by atoms with Crippen LogP contribution in [0.1, 0.15) is 70.3 Å². The minimum Gasteiger partial charge on any atom is -0.491 e. The molecule has 1 aromatic carbocycles. The SMILES string of the molecule is CCOC(=O)CCc1ccc(OC[C@H](O)C2CCCCCCCC2)cc1. The van der Waals surface area contributed by atoms with E-state index in [9.17, 15) is 9.90 Å². The van der Waals surface area contributed by atoms with Gasteiger partial charge in [0, 0.05) is 6.42 Å². The molecular weight excluding hydrogens is 328 g/mol. The molecule has 0 saturated heterocycles. The lowest BCUT2D eigenvalue weighted by Crippen LogP contribution is -2.27. The first-order valence-corrected chi connectivity index (χ1v) is 10.2. The van der Waals surface area contributed by atoms with E-state index in [1.165, 1.54) is 38.5 Å². The molecule has 0 radical (unpaired) electrons. The van der Waals surface area contributed by atoms with E-state index in [0.29, 0.717) is 32.0 Å². The molecule has 0 aliphatic heterocycles. The molecule has 1 aliphatic carbocycles. The standard InChI is InChI=1S/C22H34O4/c1-2-25-22(24)16-13-18-11-14-20(15-12-18)26-17-21(23)19-9-7-5-3-4-6-8-10-19/h11-12,14-15,19,21,23H,2-10,13,16-17H2,1H3/t21-/m0/s1. The molecule has 0 spiro atoms. The second-order valence-corrected chi connectivity index (χ2v) is 7.29. The second-order valence-electron chi connectivity index (χ2n) is 7.29. The molecule has 1 atom stereocenters. The third-order valence-corrected chi connectivity index (χ3v) is 5.21. The lowest BCUT2D eigenvalue weighted by atomic mass is 9.92. The van der Waals surface area contributed by atoms with Crippen LogP contribution in [0.15, 0.2) is 24.3 Å². The van der Waals surface area contributed by atoms with Crippen LogP contribution in [0.5, 0.6) is 5.75 Å². The zero-order valence-corrected chi connectivity index (χ0v) is 16.1. The van der Waals surface area contributed by atoms with Crippen molar-refractivity contribution in [2.75, 3.05) is 13.2 Å². The molecule has 0 unspecified atom stereocenters. The van der Waals surface area contributed by atoms with Crippen molar-refractivity contribution in [3.8, 4) is 5.75 Å². The summed E-state index contributed by atoms with van der Waals surface area (Å²) in [6.07, 6.45) is 10.6. The quantitative estimate of drug-likeness (QED) is 0.683. The van der Waals surface area contributed by atoms with Crippen LogP contribution < -0.4 is 4.74 Å². The number of hydrogen-bond acceptors (Lipinski definition) is 4. The van der Waals surface area contributed by atoms with Crippen LogP contribution in [0.4, 0.5) is 0 Å². The molecule has 1 fully saturated rings. The van der Waals surface area contributed by atoms with Crippen LogP contribution in [0, 0.1) is 5.92 Å². The van der Waals surface area contributed by atoms with Gasteiger partial charge in [-0.1, -0.05) is 50.7 Å². The van der Waals surface area contributed by atoms with Crippen LogP contribution >= 0.6 is 0 Å². The van der Waals surface area contributed by atoms with Crippen LogP contribution in [-0.4, -0.2) is 30.4 Å². The summed E-state index contributed by atoms with van der Waals surface area (Å²) in [7, 11) is 0. The van der Waals surface area contributed by atoms with E-state index in [2.05, 4.69) is 0 Å². The van der Waals surface area contributed by atoms with Gasteiger partial charge in [0.05, 0.1) is 12.7 Å². The smallest absolute Gasteiger partial charge is 0.306 e. The van der Waals surface area contributed by atoms with E-state index in [1.54, 1.807) is 0 Å². The fraction of sp³-hybridized carbons (Fsp3) is 0.682. The third-order valence-electron chi connectivity index (χ3n) is 5.21. The van der Waals surface area contributed by atoms with E-state index in [4.69, 9.17) is 9.47 Å². The largest absolute Gasteiger partial charge is 0.491 e. The molecule has 0 heterocycles. The summed E-state index contributed by atoms with van der Waals surface area (Å²) in [4.78, 5) is 11.4. The number of ether oxygens (including phenoxy) is 2. The van der Waals surface area contributed by atoms with Crippen molar-refractivity contribution in [1.29, 1.82) is 0 Å². The molecular formula is C22H34O4. The van der Waals surface area contributed by atoms with Crippen molar-refractivity contribution in [2.45, 2.75) is 77.2 Å². The van der Waals surface area contributed by atoms with Gasteiger partial charge < -0.3 is 14.6 Å². The number of hydrogen-bond donors (Lipinski definition) is 1. The zero-order chi connectivity index (χ0) is 18.6. The number of aliphatic hydroxyl groups is 1. The Hall–Kier alpha value is -1.55. The number of rotatable bonds is 8. The Morgan fingerprint density at radius 2 is 1.69 bits per heavy atom. The highest BCUT2D eigenvalue weighted by Gasteiger charge is 2.20. The Bertz CT molecular complexity index is 501. The number of esters is 1. The molecule has 1 aliphatic rings. The highest BCUT2D eigenvalue weighted by Crippen LogP contribution is 2.25. The van der Waals surface area contributed by atoms with Gasteiger partial charge in [-0.25, -0.2) is 0 Å². The summed E-state index contributed by atoms with van der Waals surface area (Å²) in [6.45, 7) is 2.60. The Morgan fingerprint density at radius 3 is 2.31 bits per heavy atom. The minimum absolute atomic E-state index is 0.161. The van der Waals surface area contributed by atoms with Crippen molar-refractivity contribution in [2.24, 2.45) is 5.92 Å². The summed E-state index contributed by atoms with van der Waals surface area (Å²) in [5.74, 6) is 0.968. The average Bonchev–Trinajstić information content (AvgIpc) is 2.79. The van der Waals surface area contributed by atoms with Crippen LogP contribution in [0.3, 0.4) is 0 Å². The van der Waals surface area contributed by atoms with E-state index in [0.717, 1.165) is 24.2 Å². The molecule has 2 rings (SSSR count). The highest BCUT2D eigenvalue weighted by atomic mass is 16.5. The average molecular weight is 363 g/mol. The van der Waals surface area contributed by atoms with Gasteiger partial charge >= 0.3 is 5.97 Å². The van der Waals surface area contributed by atoms with Gasteiger partial charge in [0.2, 0.25) is 0 Å². The second kappa shape index (κ2) is 11.9. The van der Waals surface area contributed by atoms with Crippen molar-refractivity contribution >= 4 is 5.97 Å². The summed E-state index contributed by atoms with van der Waals surface area (Å²) in [5, 5.41) is 10.5. The van der Waals surface area contributed by atoms with Gasteiger partial charge in [-0.05, 0) is 49.8 Å². The van der Waals surface area contributed by atoms with Gasteiger partial charge in [-0.2, -0.15) is 0 Å². The van der Waals surface area contributed by atoms with Crippen LogP contribution in [0.2, 0.25) is 0 Å². The number of aryl methyl sites for hydroxylation is 1. The van der Waals surface area contributed by atoms with Gasteiger partial charge in [-0.3, -0.25) is 4.79 Å². The van der Waals surface area contributed by atoms with Crippen LogP contribution in [0.25, 0.3) is 0 Å². The zero-order valence-electron chi connectivity index (χ0n) is 16.1. The first-order chi connectivity index (χ1) is 12.7. The molecule has 4 nitrogen and oxygen atoms in total. The molecule has 4 heteroatoms. The van der Waals surface area contributed by atoms with Gasteiger partial charge in [0.25, 0.3) is 0 Å². The molecule has 146 valence electrons. The Labute approximate surface area is 157 Å². The third kappa shape index (κ3) is 7.77. The van der Waals surface area contributed by atoms with Crippen LogP contribution in [-0.2, 0) is 16.0 Å². The van der Waals surface area contributed by atoms with Crippen molar-refractivity contribution in [1.82, 2.24) is 0 Å². The molecule has 1 saturated carbocycles. The number of aliphatic hydroxyl groups excluding tert-OH is 1. The number of carbonyl (C=O) groups is 1. The molecule has 1 aromatic rings. The summed E-state index contributed by atoms with van der Waals surface area (Å²) < 4.78 is 10.7. The summed E-state index contributed by atoms with van der Waals surface area (Å²) in [5.41, 5.74) is 1.09. The van der Waals surface area contributed by atoms with Crippen molar-refractivity contribution in [3.05, 3.63) is 29.8 Å². The monoisotopic (exact) mass is 362 g/mol. The first kappa shape index (κ1) is 20.8. The molecule has 1 N–H and O–H groups in total. The van der Waals surface area contributed by atoms with E-state index >= 15 is 0 Å². The molecule has 0 aromatic heterocycles. The van der Waals surface area contributed by atoms with E-state index < -0.39 is 6.10 Å². The van der Waals surface area contributed by atoms with Gasteiger partial charge in [0.1, 0.15) is 12.4 Å². The Balaban J connectivity index is 1.74. The van der Waals surface area contributed by atoms with Crippen molar-refractivity contribution in [3.63, 3.8) is 0 Å². The fourth-order valence-electron chi connectivity index (χ4n) is 3.60. The maximum absolute atomic E-state index is 11.4. The summed E-state index contributed by atoms with van der Waals surface area (Å²) in [6, 6.07) is 7.77. The lowest BCUT2D eigenvalue weighted by molar-refractivity contribution is -0.143. The van der Waals surface area contributed by atoms with Gasteiger partial charge in [0.15, 0.2) is 0 Å². The number of carbonyl (C=O) groups excluding carboxylic acids is 1. The molecule has 0 bridgehead atoms.